The zero-order valence-corrected chi connectivity index (χ0v) is 10.3. The molecule has 0 fully saturated rings. The number of aliphatic hydroxyl groups is 1. The lowest BCUT2D eigenvalue weighted by Gasteiger charge is -2.21. The zero-order chi connectivity index (χ0) is 12.0. The summed E-state index contributed by atoms with van der Waals surface area (Å²) in [6.45, 7) is 7.14. The van der Waals surface area contributed by atoms with E-state index in [9.17, 15) is 0 Å². The molecule has 1 rings (SSSR count). The molecule has 90 valence electrons. The molecular weight excluding hydrogens is 202 g/mol. The summed E-state index contributed by atoms with van der Waals surface area (Å²) in [7, 11) is 0. The van der Waals surface area contributed by atoms with Gasteiger partial charge in [-0.2, -0.15) is 0 Å². The fourth-order valence-electron chi connectivity index (χ4n) is 1.65. The Morgan fingerprint density at radius 2 is 2.19 bits per heavy atom. The highest BCUT2D eigenvalue weighted by atomic mass is 16.3. The first-order valence-electron chi connectivity index (χ1n) is 5.76. The summed E-state index contributed by atoms with van der Waals surface area (Å²) in [6.07, 6.45) is 2.55. The maximum Gasteiger partial charge on any atom is 0.125 e. The summed E-state index contributed by atoms with van der Waals surface area (Å²) in [5.41, 5.74) is 0.996. The number of aliphatic hydroxyl groups excluding tert-OH is 1. The maximum absolute atomic E-state index is 8.96. The van der Waals surface area contributed by atoms with Crippen LogP contribution in [0.15, 0.2) is 12.3 Å². The van der Waals surface area contributed by atoms with Gasteiger partial charge in [0.25, 0.3) is 0 Å². The summed E-state index contributed by atoms with van der Waals surface area (Å²) in [4.78, 5) is 8.39. The van der Waals surface area contributed by atoms with E-state index in [4.69, 9.17) is 5.11 Å². The molecular formula is C12H21N3O. The van der Waals surface area contributed by atoms with Crippen molar-refractivity contribution in [1.82, 2.24) is 15.3 Å². The Hall–Kier alpha value is -1.00. The normalized spacial score (nSPS) is 13.1. The van der Waals surface area contributed by atoms with Crippen molar-refractivity contribution in [3.63, 3.8) is 0 Å². The van der Waals surface area contributed by atoms with Gasteiger partial charge in [0.2, 0.25) is 0 Å². The van der Waals surface area contributed by atoms with Crippen molar-refractivity contribution in [2.24, 2.45) is 5.92 Å². The van der Waals surface area contributed by atoms with E-state index in [0.717, 1.165) is 24.5 Å². The van der Waals surface area contributed by atoms with Gasteiger partial charge in [-0.1, -0.05) is 13.8 Å². The van der Waals surface area contributed by atoms with Crippen molar-refractivity contribution in [2.45, 2.75) is 39.8 Å². The van der Waals surface area contributed by atoms with Crippen LogP contribution in [0, 0.1) is 12.8 Å². The standard InChI is InChI=1S/C12H21N3O/c1-9(2)12(5-7-16)14-8-11-4-6-13-10(3)15-11/h4,6,9,12,14,16H,5,7-8H2,1-3H3. The largest absolute Gasteiger partial charge is 0.396 e. The molecule has 1 atom stereocenters. The first-order valence-corrected chi connectivity index (χ1v) is 5.76. The van der Waals surface area contributed by atoms with Crippen LogP contribution in [0.5, 0.6) is 0 Å². The lowest BCUT2D eigenvalue weighted by atomic mass is 10.0. The van der Waals surface area contributed by atoms with Gasteiger partial charge >= 0.3 is 0 Å². The quantitative estimate of drug-likeness (QED) is 0.763. The molecule has 0 spiro atoms. The van der Waals surface area contributed by atoms with Crippen LogP contribution in [0.2, 0.25) is 0 Å². The summed E-state index contributed by atoms with van der Waals surface area (Å²) in [6, 6.07) is 2.25. The van der Waals surface area contributed by atoms with E-state index < -0.39 is 0 Å². The highest BCUT2D eigenvalue weighted by Crippen LogP contribution is 2.06. The first kappa shape index (κ1) is 13.1. The van der Waals surface area contributed by atoms with Crippen molar-refractivity contribution in [1.29, 1.82) is 0 Å². The number of rotatable bonds is 6. The molecule has 4 nitrogen and oxygen atoms in total. The summed E-state index contributed by atoms with van der Waals surface area (Å²) in [5.74, 6) is 1.30. The Morgan fingerprint density at radius 1 is 1.44 bits per heavy atom. The topological polar surface area (TPSA) is 58.0 Å². The van der Waals surface area contributed by atoms with Crippen molar-refractivity contribution < 1.29 is 5.11 Å². The minimum Gasteiger partial charge on any atom is -0.396 e. The Bertz CT molecular complexity index is 315. The van der Waals surface area contributed by atoms with E-state index in [0.29, 0.717) is 12.0 Å². The third-order valence-electron chi connectivity index (χ3n) is 2.62. The molecule has 16 heavy (non-hydrogen) atoms. The third kappa shape index (κ3) is 4.24. The molecule has 1 unspecified atom stereocenters. The highest BCUT2D eigenvalue weighted by Gasteiger charge is 2.11. The van der Waals surface area contributed by atoms with Crippen LogP contribution < -0.4 is 5.32 Å². The van der Waals surface area contributed by atoms with Gasteiger partial charge in [0.05, 0.1) is 5.69 Å². The van der Waals surface area contributed by atoms with Gasteiger partial charge in [-0.05, 0) is 25.3 Å². The van der Waals surface area contributed by atoms with Crippen LogP contribution in [0.3, 0.4) is 0 Å². The summed E-state index contributed by atoms with van der Waals surface area (Å²) in [5, 5.41) is 12.4. The molecule has 1 aromatic rings. The average Bonchev–Trinajstić information content (AvgIpc) is 2.24. The predicted octanol–water partition coefficient (Wildman–Crippen LogP) is 1.28. The third-order valence-corrected chi connectivity index (χ3v) is 2.62. The second kappa shape index (κ2) is 6.55. The number of aromatic nitrogens is 2. The fourth-order valence-corrected chi connectivity index (χ4v) is 1.65. The SMILES string of the molecule is Cc1nccc(CNC(CCO)C(C)C)n1. The molecule has 1 heterocycles. The Balaban J connectivity index is 2.48. The van der Waals surface area contributed by atoms with Gasteiger partial charge in [-0.15, -0.1) is 0 Å². The van der Waals surface area contributed by atoms with Crippen LogP contribution in [0.1, 0.15) is 31.8 Å². The lowest BCUT2D eigenvalue weighted by molar-refractivity contribution is 0.243. The molecule has 0 bridgehead atoms. The molecule has 0 aliphatic rings. The maximum atomic E-state index is 8.96. The van der Waals surface area contributed by atoms with E-state index in [2.05, 4.69) is 29.1 Å². The first-order chi connectivity index (χ1) is 7.63. The van der Waals surface area contributed by atoms with Gasteiger partial charge in [0.15, 0.2) is 0 Å². The molecule has 4 heteroatoms. The predicted molar refractivity (Wildman–Crippen MR) is 63.9 cm³/mol. The molecule has 0 amide bonds. The number of nitrogens with one attached hydrogen (secondary N) is 1. The second-order valence-corrected chi connectivity index (χ2v) is 4.34. The minimum atomic E-state index is 0.221. The number of hydrogen-bond acceptors (Lipinski definition) is 4. The van der Waals surface area contributed by atoms with Crippen LogP contribution in [-0.4, -0.2) is 27.7 Å². The van der Waals surface area contributed by atoms with Crippen LogP contribution in [0.25, 0.3) is 0 Å². The molecule has 0 saturated carbocycles. The summed E-state index contributed by atoms with van der Waals surface area (Å²) >= 11 is 0. The van der Waals surface area contributed by atoms with Crippen molar-refractivity contribution in [3.05, 3.63) is 23.8 Å². The molecule has 0 aliphatic heterocycles. The number of nitrogens with zero attached hydrogens (tertiary/aromatic N) is 2. The molecule has 0 aromatic carbocycles. The van der Waals surface area contributed by atoms with Gasteiger partial charge < -0.3 is 10.4 Å². The van der Waals surface area contributed by atoms with Crippen LogP contribution in [-0.2, 0) is 6.54 Å². The van der Waals surface area contributed by atoms with Crippen LogP contribution in [0.4, 0.5) is 0 Å². The van der Waals surface area contributed by atoms with Gasteiger partial charge in [0, 0.05) is 25.4 Å². The Kier molecular flexibility index (Phi) is 5.35. The van der Waals surface area contributed by atoms with Crippen molar-refractivity contribution in [3.8, 4) is 0 Å². The van der Waals surface area contributed by atoms with E-state index in [-0.39, 0.29) is 6.61 Å². The average molecular weight is 223 g/mol. The summed E-state index contributed by atoms with van der Waals surface area (Å²) < 4.78 is 0. The van der Waals surface area contributed by atoms with Crippen molar-refractivity contribution >= 4 is 0 Å². The number of hydrogen-bond donors (Lipinski definition) is 2. The van der Waals surface area contributed by atoms with E-state index in [1.807, 2.05) is 13.0 Å². The molecule has 2 N–H and O–H groups in total. The zero-order valence-electron chi connectivity index (χ0n) is 10.3. The molecule has 0 radical (unpaired) electrons. The number of aryl methyl sites for hydroxylation is 1. The van der Waals surface area contributed by atoms with E-state index >= 15 is 0 Å². The molecule has 0 saturated heterocycles. The van der Waals surface area contributed by atoms with Gasteiger partial charge in [-0.25, -0.2) is 9.97 Å². The van der Waals surface area contributed by atoms with Gasteiger partial charge in [-0.3, -0.25) is 0 Å². The minimum absolute atomic E-state index is 0.221. The second-order valence-electron chi connectivity index (χ2n) is 4.34. The lowest BCUT2D eigenvalue weighted by Crippen LogP contribution is -2.34. The Labute approximate surface area is 97.1 Å². The van der Waals surface area contributed by atoms with E-state index in [1.165, 1.54) is 0 Å². The van der Waals surface area contributed by atoms with E-state index in [1.54, 1.807) is 6.20 Å². The smallest absolute Gasteiger partial charge is 0.125 e. The van der Waals surface area contributed by atoms with Crippen molar-refractivity contribution in [2.75, 3.05) is 6.61 Å². The molecule has 0 aliphatic carbocycles. The fraction of sp³-hybridized carbons (Fsp3) is 0.667. The Morgan fingerprint density at radius 3 is 2.75 bits per heavy atom. The van der Waals surface area contributed by atoms with Crippen LogP contribution >= 0.6 is 0 Å². The molecule has 1 aromatic heterocycles. The van der Waals surface area contributed by atoms with Gasteiger partial charge in [0.1, 0.15) is 5.82 Å². The monoisotopic (exact) mass is 223 g/mol. The highest BCUT2D eigenvalue weighted by molar-refractivity contribution is 5.01.